The Morgan fingerprint density at radius 1 is 1.04 bits per heavy atom. The van der Waals surface area contributed by atoms with Gasteiger partial charge in [0, 0.05) is 12.1 Å². The first-order valence-electron chi connectivity index (χ1n) is 7.99. The first-order valence-corrected chi connectivity index (χ1v) is 7.99. The average Bonchev–Trinajstić information content (AvgIpc) is 2.62. The number of amides is 1. The van der Waals surface area contributed by atoms with Crippen molar-refractivity contribution in [2.45, 2.75) is 13.3 Å². The first-order chi connectivity index (χ1) is 12.5. The van der Waals surface area contributed by atoms with Crippen LogP contribution in [-0.2, 0) is 11.2 Å². The van der Waals surface area contributed by atoms with Crippen molar-refractivity contribution in [2.75, 3.05) is 26.1 Å². The molecule has 0 spiro atoms. The van der Waals surface area contributed by atoms with Crippen molar-refractivity contribution in [3.63, 3.8) is 0 Å². The van der Waals surface area contributed by atoms with Crippen LogP contribution in [0, 0.1) is 0 Å². The number of benzene rings is 2. The molecule has 0 bridgehead atoms. The zero-order valence-corrected chi connectivity index (χ0v) is 14.9. The van der Waals surface area contributed by atoms with E-state index in [4.69, 9.17) is 14.2 Å². The fraction of sp³-hybridized carbons (Fsp3) is 0.263. The number of nitrogens with one attached hydrogen (secondary N) is 1. The second kappa shape index (κ2) is 8.75. The van der Waals surface area contributed by atoms with Crippen molar-refractivity contribution >= 4 is 17.6 Å². The highest BCUT2D eigenvalue weighted by atomic mass is 16.5. The Kier molecular flexibility index (Phi) is 6.43. The SMILES string of the molecule is CCOc1ccc(CC(=O)Nc2cc(OC)c(OC)cc2C(=O)O)cc1. The summed E-state index contributed by atoms with van der Waals surface area (Å²) >= 11 is 0. The molecule has 2 N–H and O–H groups in total. The number of carbonyl (C=O) groups is 2. The van der Waals surface area contributed by atoms with Crippen LogP contribution in [0.5, 0.6) is 17.2 Å². The first kappa shape index (κ1) is 19.1. The molecule has 7 heteroatoms. The third-order valence-corrected chi connectivity index (χ3v) is 3.63. The van der Waals surface area contributed by atoms with Crippen molar-refractivity contribution in [1.82, 2.24) is 0 Å². The summed E-state index contributed by atoms with van der Waals surface area (Å²) in [6, 6.07) is 9.89. The van der Waals surface area contributed by atoms with Gasteiger partial charge < -0.3 is 24.6 Å². The third-order valence-electron chi connectivity index (χ3n) is 3.63. The number of carbonyl (C=O) groups excluding carboxylic acids is 1. The van der Waals surface area contributed by atoms with Crippen LogP contribution in [0.3, 0.4) is 0 Å². The summed E-state index contributed by atoms with van der Waals surface area (Å²) in [5, 5.41) is 12.0. The van der Waals surface area contributed by atoms with E-state index in [-0.39, 0.29) is 29.3 Å². The number of carboxylic acids is 1. The van der Waals surface area contributed by atoms with E-state index in [9.17, 15) is 14.7 Å². The molecule has 2 rings (SSSR count). The molecule has 0 heterocycles. The highest BCUT2D eigenvalue weighted by molar-refractivity contribution is 6.02. The Balaban J connectivity index is 2.18. The normalized spacial score (nSPS) is 10.1. The lowest BCUT2D eigenvalue weighted by atomic mass is 10.1. The Bertz CT molecular complexity index is 785. The summed E-state index contributed by atoms with van der Waals surface area (Å²) in [4.78, 5) is 23.8. The van der Waals surface area contributed by atoms with Crippen LogP contribution in [0.25, 0.3) is 0 Å². The second-order valence-electron chi connectivity index (χ2n) is 5.36. The minimum Gasteiger partial charge on any atom is -0.494 e. The fourth-order valence-electron chi connectivity index (χ4n) is 2.41. The van der Waals surface area contributed by atoms with E-state index < -0.39 is 5.97 Å². The van der Waals surface area contributed by atoms with Crippen LogP contribution in [0.1, 0.15) is 22.8 Å². The number of rotatable bonds is 8. The molecule has 0 aliphatic heterocycles. The smallest absolute Gasteiger partial charge is 0.337 e. The largest absolute Gasteiger partial charge is 0.494 e. The minimum atomic E-state index is -1.18. The zero-order valence-electron chi connectivity index (χ0n) is 14.9. The molecular formula is C19H21NO6. The van der Waals surface area contributed by atoms with E-state index in [0.717, 1.165) is 11.3 Å². The molecular weight excluding hydrogens is 338 g/mol. The molecule has 2 aromatic carbocycles. The molecule has 26 heavy (non-hydrogen) atoms. The Labute approximate surface area is 151 Å². The maximum atomic E-state index is 12.3. The van der Waals surface area contributed by atoms with Gasteiger partial charge in [0.2, 0.25) is 5.91 Å². The van der Waals surface area contributed by atoms with Crippen molar-refractivity contribution in [2.24, 2.45) is 0 Å². The quantitative estimate of drug-likeness (QED) is 0.752. The minimum absolute atomic E-state index is 0.0808. The molecule has 0 aromatic heterocycles. The van der Waals surface area contributed by atoms with Gasteiger partial charge in [-0.1, -0.05) is 12.1 Å². The number of hydrogen-bond donors (Lipinski definition) is 2. The van der Waals surface area contributed by atoms with E-state index in [1.165, 1.54) is 26.4 Å². The van der Waals surface area contributed by atoms with E-state index in [0.29, 0.717) is 12.4 Å². The Hall–Kier alpha value is -3.22. The topological polar surface area (TPSA) is 94.1 Å². The van der Waals surface area contributed by atoms with Crippen LogP contribution in [0.4, 0.5) is 5.69 Å². The van der Waals surface area contributed by atoms with E-state index in [1.54, 1.807) is 24.3 Å². The van der Waals surface area contributed by atoms with Gasteiger partial charge >= 0.3 is 5.97 Å². The average molecular weight is 359 g/mol. The number of aromatic carboxylic acids is 1. The number of methoxy groups -OCH3 is 2. The lowest BCUT2D eigenvalue weighted by Crippen LogP contribution is -2.17. The summed E-state index contributed by atoms with van der Waals surface area (Å²) in [6.45, 7) is 2.46. The molecule has 0 atom stereocenters. The Morgan fingerprint density at radius 2 is 1.65 bits per heavy atom. The van der Waals surface area contributed by atoms with Crippen molar-refractivity contribution in [1.29, 1.82) is 0 Å². The molecule has 7 nitrogen and oxygen atoms in total. The third kappa shape index (κ3) is 4.66. The molecule has 0 fully saturated rings. The van der Waals surface area contributed by atoms with Gasteiger partial charge in [-0.05, 0) is 24.6 Å². The second-order valence-corrected chi connectivity index (χ2v) is 5.36. The molecule has 0 aliphatic rings. The molecule has 0 unspecified atom stereocenters. The van der Waals surface area contributed by atoms with Gasteiger partial charge in [-0.3, -0.25) is 4.79 Å². The molecule has 0 radical (unpaired) electrons. The van der Waals surface area contributed by atoms with Crippen LogP contribution >= 0.6 is 0 Å². The van der Waals surface area contributed by atoms with Gasteiger partial charge in [-0.2, -0.15) is 0 Å². The van der Waals surface area contributed by atoms with E-state index in [1.807, 2.05) is 6.92 Å². The zero-order chi connectivity index (χ0) is 19.1. The maximum absolute atomic E-state index is 12.3. The summed E-state index contributed by atoms with van der Waals surface area (Å²) in [5.41, 5.74) is 0.845. The lowest BCUT2D eigenvalue weighted by molar-refractivity contribution is -0.115. The van der Waals surface area contributed by atoms with Crippen LogP contribution in [0.2, 0.25) is 0 Å². The lowest BCUT2D eigenvalue weighted by Gasteiger charge is -2.14. The van der Waals surface area contributed by atoms with Gasteiger partial charge in [0.1, 0.15) is 5.75 Å². The fourth-order valence-corrected chi connectivity index (χ4v) is 2.41. The van der Waals surface area contributed by atoms with Crippen LogP contribution in [-0.4, -0.2) is 37.8 Å². The molecule has 0 saturated carbocycles. The monoisotopic (exact) mass is 359 g/mol. The number of ether oxygens (including phenoxy) is 3. The molecule has 0 aliphatic carbocycles. The van der Waals surface area contributed by atoms with Gasteiger partial charge in [0.05, 0.1) is 38.5 Å². The standard InChI is InChI=1S/C19H21NO6/c1-4-26-13-7-5-12(6-8-13)9-18(21)20-15-11-17(25-3)16(24-2)10-14(15)19(22)23/h5-8,10-11H,4,9H2,1-3H3,(H,20,21)(H,22,23). The number of anilines is 1. The van der Waals surface area contributed by atoms with Gasteiger partial charge in [-0.25, -0.2) is 4.79 Å². The van der Waals surface area contributed by atoms with Crippen LogP contribution in [0.15, 0.2) is 36.4 Å². The highest BCUT2D eigenvalue weighted by Crippen LogP contribution is 2.33. The summed E-state index contributed by atoms with van der Waals surface area (Å²) < 4.78 is 15.6. The molecule has 2 aromatic rings. The summed E-state index contributed by atoms with van der Waals surface area (Å²) in [6.07, 6.45) is 0.0970. The summed E-state index contributed by atoms with van der Waals surface area (Å²) in [7, 11) is 2.84. The van der Waals surface area contributed by atoms with Crippen molar-refractivity contribution < 1.29 is 28.9 Å². The van der Waals surface area contributed by atoms with Crippen molar-refractivity contribution in [3.8, 4) is 17.2 Å². The highest BCUT2D eigenvalue weighted by Gasteiger charge is 2.18. The summed E-state index contributed by atoms with van der Waals surface area (Å²) in [5.74, 6) is -0.195. The molecule has 0 saturated heterocycles. The Morgan fingerprint density at radius 3 is 2.19 bits per heavy atom. The van der Waals surface area contributed by atoms with Crippen molar-refractivity contribution in [3.05, 3.63) is 47.5 Å². The van der Waals surface area contributed by atoms with Crippen LogP contribution < -0.4 is 19.5 Å². The number of carboxylic acid groups (broad SMARTS) is 1. The van der Waals surface area contributed by atoms with E-state index >= 15 is 0 Å². The van der Waals surface area contributed by atoms with Gasteiger partial charge in [-0.15, -0.1) is 0 Å². The van der Waals surface area contributed by atoms with Gasteiger partial charge in [0.15, 0.2) is 11.5 Å². The predicted molar refractivity (Wildman–Crippen MR) is 96.5 cm³/mol. The maximum Gasteiger partial charge on any atom is 0.337 e. The molecule has 138 valence electrons. The predicted octanol–water partition coefficient (Wildman–Crippen LogP) is 2.98. The van der Waals surface area contributed by atoms with E-state index in [2.05, 4.69) is 5.32 Å². The van der Waals surface area contributed by atoms with Gasteiger partial charge in [0.25, 0.3) is 0 Å². The number of hydrogen-bond acceptors (Lipinski definition) is 5. The molecule has 1 amide bonds.